The van der Waals surface area contributed by atoms with Crippen molar-refractivity contribution in [3.63, 3.8) is 0 Å². The summed E-state index contributed by atoms with van der Waals surface area (Å²) in [7, 11) is 0. The van der Waals surface area contributed by atoms with E-state index in [1.807, 2.05) is 13.0 Å². The number of aliphatic carboxylic acids is 1. The zero-order valence-electron chi connectivity index (χ0n) is 15.7. The molecule has 2 aromatic heterocycles. The number of carbonyl (C=O) groups is 2. The molecule has 0 radical (unpaired) electrons. The van der Waals surface area contributed by atoms with Gasteiger partial charge >= 0.3 is 12.0 Å². The van der Waals surface area contributed by atoms with Crippen molar-refractivity contribution < 1.29 is 19.4 Å². The van der Waals surface area contributed by atoms with Crippen LogP contribution in [0.1, 0.15) is 22.7 Å². The predicted octanol–water partition coefficient (Wildman–Crippen LogP) is 3.84. The molecule has 2 aliphatic rings. The van der Waals surface area contributed by atoms with Crippen LogP contribution in [-0.2, 0) is 9.54 Å². The molecule has 30 heavy (non-hydrogen) atoms. The first kappa shape index (κ1) is 18.4. The topological polar surface area (TPSA) is 113 Å². The van der Waals surface area contributed by atoms with E-state index in [0.717, 1.165) is 17.3 Å². The molecule has 0 saturated carbocycles. The fourth-order valence-electron chi connectivity index (χ4n) is 3.94. The first-order valence-corrected chi connectivity index (χ1v) is 9.99. The number of rotatable bonds is 4. The van der Waals surface area contributed by atoms with Gasteiger partial charge in [-0.15, -0.1) is 0 Å². The van der Waals surface area contributed by atoms with Crippen LogP contribution < -0.4 is 15.4 Å². The zero-order chi connectivity index (χ0) is 20.9. The molecule has 0 fully saturated rings. The normalized spacial score (nSPS) is 21.4. The molecule has 2 atom stereocenters. The van der Waals surface area contributed by atoms with Crippen molar-refractivity contribution in [1.82, 2.24) is 15.3 Å². The Morgan fingerprint density at radius 2 is 2.07 bits per heavy atom. The number of nitrogens with zero attached hydrogens (tertiary/aromatic N) is 2. The molecule has 3 N–H and O–H groups in total. The summed E-state index contributed by atoms with van der Waals surface area (Å²) < 4.78 is 4.33. The van der Waals surface area contributed by atoms with Crippen LogP contribution >= 0.6 is 11.8 Å². The molecule has 1 aromatic carbocycles. The number of amides is 2. The molecule has 2 aliphatic heterocycles. The van der Waals surface area contributed by atoms with Crippen molar-refractivity contribution in [3.05, 3.63) is 71.5 Å². The van der Waals surface area contributed by atoms with Gasteiger partial charge in [-0.3, -0.25) is 4.79 Å². The third kappa shape index (κ3) is 2.70. The summed E-state index contributed by atoms with van der Waals surface area (Å²) >= 11 is 1.14. The molecule has 150 valence electrons. The van der Waals surface area contributed by atoms with Crippen molar-refractivity contribution >= 4 is 29.4 Å². The highest BCUT2D eigenvalue weighted by atomic mass is 32.2. The predicted molar refractivity (Wildman–Crippen MR) is 110 cm³/mol. The minimum atomic E-state index is -1.45. The molecular formula is C21H16N4O4S. The fraction of sp³-hybridized carbons (Fsp3) is 0.143. The Balaban J connectivity index is 1.60. The Morgan fingerprint density at radius 3 is 2.80 bits per heavy atom. The Bertz CT molecular complexity index is 1190. The number of anilines is 1. The largest absolute Gasteiger partial charge is 0.480 e. The lowest BCUT2D eigenvalue weighted by Gasteiger charge is -2.35. The molecule has 4 heterocycles. The molecule has 0 saturated heterocycles. The number of carbonyl (C=O) groups excluding carboxylic acids is 1. The first-order chi connectivity index (χ1) is 14.5. The van der Waals surface area contributed by atoms with Gasteiger partial charge in [-0.2, -0.15) is 0 Å². The van der Waals surface area contributed by atoms with Crippen LogP contribution in [0.2, 0.25) is 0 Å². The summed E-state index contributed by atoms with van der Waals surface area (Å²) in [5, 5.41) is 16.5. The van der Waals surface area contributed by atoms with E-state index in [0.29, 0.717) is 33.5 Å². The van der Waals surface area contributed by atoms with Gasteiger partial charge in [0.2, 0.25) is 5.88 Å². The van der Waals surface area contributed by atoms with Gasteiger partial charge < -0.3 is 20.5 Å². The number of carboxylic acids is 1. The van der Waals surface area contributed by atoms with E-state index in [1.54, 1.807) is 48.8 Å². The SMILES string of the molecule is Cc1cc(Oc2ccccn2)ccc1C1(C(=O)O)Sc2nccc3c2C1NC(=O)N3. The number of ether oxygens (including phenoxy) is 1. The van der Waals surface area contributed by atoms with Crippen LogP contribution in [0.3, 0.4) is 0 Å². The van der Waals surface area contributed by atoms with Gasteiger partial charge in [-0.1, -0.05) is 23.9 Å². The number of aromatic nitrogens is 2. The standard InChI is InChI=1S/C21H16N4O4S/c1-11-10-12(29-15-4-2-3-8-22-15)5-6-13(11)21(19(26)27)17-16-14(24-20(28)25-17)7-9-23-18(16)30-21/h2-10,17H,1H3,(H,26,27)(H2,24,25,28). The van der Waals surface area contributed by atoms with Gasteiger partial charge in [-0.05, 0) is 42.3 Å². The van der Waals surface area contributed by atoms with Gasteiger partial charge in [0.25, 0.3) is 0 Å². The highest BCUT2D eigenvalue weighted by molar-refractivity contribution is 8.01. The molecule has 3 aromatic rings. The van der Waals surface area contributed by atoms with Crippen molar-refractivity contribution in [2.24, 2.45) is 0 Å². The number of aryl methyl sites for hydroxylation is 1. The Labute approximate surface area is 175 Å². The Morgan fingerprint density at radius 1 is 1.20 bits per heavy atom. The van der Waals surface area contributed by atoms with Gasteiger partial charge in [0, 0.05) is 24.0 Å². The highest BCUT2D eigenvalue weighted by Gasteiger charge is 2.58. The van der Waals surface area contributed by atoms with Crippen LogP contribution in [0, 0.1) is 6.92 Å². The van der Waals surface area contributed by atoms with E-state index in [2.05, 4.69) is 20.6 Å². The maximum Gasteiger partial charge on any atom is 0.327 e. The number of hydrogen-bond donors (Lipinski definition) is 3. The lowest BCUT2D eigenvalue weighted by atomic mass is 9.83. The quantitative estimate of drug-likeness (QED) is 0.588. The number of pyridine rings is 2. The average molecular weight is 420 g/mol. The van der Waals surface area contributed by atoms with E-state index in [4.69, 9.17) is 4.74 Å². The molecule has 0 aliphatic carbocycles. The Kier molecular flexibility index (Phi) is 4.14. The molecule has 2 amide bonds. The number of thioether (sulfide) groups is 1. The minimum Gasteiger partial charge on any atom is -0.480 e. The van der Waals surface area contributed by atoms with Gasteiger partial charge in [-0.25, -0.2) is 14.8 Å². The molecule has 0 bridgehead atoms. The van der Waals surface area contributed by atoms with E-state index < -0.39 is 22.8 Å². The average Bonchev–Trinajstić information content (AvgIpc) is 3.05. The zero-order valence-corrected chi connectivity index (χ0v) is 16.6. The first-order valence-electron chi connectivity index (χ1n) is 9.18. The summed E-state index contributed by atoms with van der Waals surface area (Å²) in [6.07, 6.45) is 3.20. The van der Waals surface area contributed by atoms with Gasteiger partial charge in [0.15, 0.2) is 4.75 Å². The van der Waals surface area contributed by atoms with E-state index >= 15 is 0 Å². The second kappa shape index (κ2) is 6.74. The Hall–Kier alpha value is -3.59. The van der Waals surface area contributed by atoms with E-state index in [-0.39, 0.29) is 0 Å². The van der Waals surface area contributed by atoms with Crippen molar-refractivity contribution in [3.8, 4) is 11.6 Å². The minimum absolute atomic E-state index is 0.439. The summed E-state index contributed by atoms with van der Waals surface area (Å²) in [6, 6.07) is 11.1. The summed E-state index contributed by atoms with van der Waals surface area (Å²) in [5.74, 6) is -0.0611. The number of benzene rings is 1. The van der Waals surface area contributed by atoms with Crippen LogP contribution in [0.5, 0.6) is 11.6 Å². The highest BCUT2D eigenvalue weighted by Crippen LogP contribution is 2.60. The molecule has 0 spiro atoms. The smallest absolute Gasteiger partial charge is 0.327 e. The third-order valence-electron chi connectivity index (χ3n) is 5.21. The molecule has 2 unspecified atom stereocenters. The maximum absolute atomic E-state index is 12.7. The van der Waals surface area contributed by atoms with Gasteiger partial charge in [0.05, 0.1) is 11.7 Å². The summed E-state index contributed by atoms with van der Waals surface area (Å²) in [4.78, 5) is 33.4. The molecule has 8 nitrogen and oxygen atoms in total. The maximum atomic E-state index is 12.7. The van der Waals surface area contributed by atoms with E-state index in [9.17, 15) is 14.7 Å². The summed E-state index contributed by atoms with van der Waals surface area (Å²) in [6.45, 7) is 1.83. The second-order valence-electron chi connectivity index (χ2n) is 7.00. The number of carboxylic acid groups (broad SMARTS) is 1. The van der Waals surface area contributed by atoms with Gasteiger partial charge in [0.1, 0.15) is 10.8 Å². The molecular weight excluding hydrogens is 404 g/mol. The van der Waals surface area contributed by atoms with E-state index in [1.165, 1.54) is 0 Å². The summed E-state index contributed by atoms with van der Waals surface area (Å²) in [5.41, 5.74) is 2.57. The van der Waals surface area contributed by atoms with Crippen LogP contribution in [0.4, 0.5) is 10.5 Å². The molecule has 5 rings (SSSR count). The fourth-order valence-corrected chi connectivity index (χ4v) is 5.42. The monoisotopic (exact) mass is 420 g/mol. The lowest BCUT2D eigenvalue weighted by Crippen LogP contribution is -2.48. The lowest BCUT2D eigenvalue weighted by molar-refractivity contribution is -0.141. The van der Waals surface area contributed by atoms with Crippen LogP contribution in [0.15, 0.2) is 59.9 Å². The van der Waals surface area contributed by atoms with Crippen molar-refractivity contribution in [1.29, 1.82) is 0 Å². The van der Waals surface area contributed by atoms with Crippen LogP contribution in [-0.4, -0.2) is 27.1 Å². The molecule has 9 heteroatoms. The van der Waals surface area contributed by atoms with Crippen molar-refractivity contribution in [2.45, 2.75) is 22.7 Å². The number of nitrogens with one attached hydrogen (secondary N) is 2. The van der Waals surface area contributed by atoms with Crippen LogP contribution in [0.25, 0.3) is 0 Å². The number of urea groups is 1. The third-order valence-corrected chi connectivity index (χ3v) is 6.68. The second-order valence-corrected chi connectivity index (χ2v) is 8.23. The number of hydrogen-bond acceptors (Lipinski definition) is 6. The van der Waals surface area contributed by atoms with Crippen molar-refractivity contribution in [2.75, 3.05) is 5.32 Å².